The zero-order chi connectivity index (χ0) is 17.2. The van der Waals surface area contributed by atoms with E-state index in [2.05, 4.69) is 5.32 Å². The van der Waals surface area contributed by atoms with Crippen LogP contribution in [0.15, 0.2) is 18.2 Å². The number of nitrogens with one attached hydrogen (secondary N) is 1. The first-order valence-corrected chi connectivity index (χ1v) is 6.76. The Labute approximate surface area is 128 Å². The van der Waals surface area contributed by atoms with E-state index in [1.165, 1.54) is 0 Å². The fourth-order valence-electron chi connectivity index (χ4n) is 2.41. The number of halogens is 3. The third kappa shape index (κ3) is 4.02. The van der Waals surface area contributed by atoms with E-state index < -0.39 is 28.4 Å². The number of carbonyl (C=O) groups is 1. The van der Waals surface area contributed by atoms with Gasteiger partial charge in [0.2, 0.25) is 0 Å². The average molecular weight is 332 g/mol. The van der Waals surface area contributed by atoms with Crippen molar-refractivity contribution in [2.45, 2.75) is 25.1 Å². The zero-order valence-electron chi connectivity index (χ0n) is 11.8. The van der Waals surface area contributed by atoms with Crippen molar-refractivity contribution in [2.75, 3.05) is 18.4 Å². The molecule has 0 atom stereocenters. The Morgan fingerprint density at radius 3 is 2.39 bits per heavy atom. The number of anilines is 1. The van der Waals surface area contributed by atoms with Gasteiger partial charge in [-0.15, -0.1) is 0 Å². The monoisotopic (exact) mass is 332 g/mol. The van der Waals surface area contributed by atoms with Crippen LogP contribution in [-0.4, -0.2) is 35.0 Å². The number of benzene rings is 1. The molecule has 2 rings (SSSR count). The second-order valence-electron chi connectivity index (χ2n) is 5.16. The number of nitrogens with zero attached hydrogens (tertiary/aromatic N) is 2. The molecular weight excluding hydrogens is 319 g/mol. The van der Waals surface area contributed by atoms with Crippen molar-refractivity contribution >= 4 is 17.5 Å². The number of hydrogen-bond donors (Lipinski definition) is 1. The standard InChI is InChI=1S/C13H14F3N3O4/c14-13(15,16)8-1-2-11(19(22)23)10(7-8)17-9-3-5-18(6-4-9)12(20)21/h1-2,7,9,17H,3-6H2,(H,20,21)/p-1. The second-order valence-corrected chi connectivity index (χ2v) is 5.16. The van der Waals surface area contributed by atoms with E-state index in [4.69, 9.17) is 0 Å². The highest BCUT2D eigenvalue weighted by molar-refractivity contribution is 5.64. The molecule has 0 unspecified atom stereocenters. The van der Waals surface area contributed by atoms with Crippen LogP contribution in [-0.2, 0) is 6.18 Å². The minimum absolute atomic E-state index is 0.159. The zero-order valence-corrected chi connectivity index (χ0v) is 11.8. The molecule has 10 heteroatoms. The minimum atomic E-state index is -4.61. The van der Waals surface area contributed by atoms with Crippen LogP contribution in [0.2, 0.25) is 0 Å². The lowest BCUT2D eigenvalue weighted by atomic mass is 10.0. The molecule has 1 fully saturated rings. The second kappa shape index (κ2) is 6.31. The van der Waals surface area contributed by atoms with Crippen molar-refractivity contribution in [3.63, 3.8) is 0 Å². The number of nitro benzene ring substituents is 1. The van der Waals surface area contributed by atoms with Crippen molar-refractivity contribution in [3.8, 4) is 0 Å². The van der Waals surface area contributed by atoms with Crippen LogP contribution in [0, 0.1) is 10.1 Å². The molecule has 0 bridgehead atoms. The summed E-state index contributed by atoms with van der Waals surface area (Å²) in [6.07, 6.45) is -5.28. The van der Waals surface area contributed by atoms with Crippen molar-refractivity contribution in [3.05, 3.63) is 33.9 Å². The Balaban J connectivity index is 2.18. The van der Waals surface area contributed by atoms with E-state index in [0.29, 0.717) is 25.0 Å². The molecule has 1 aromatic rings. The molecule has 0 saturated carbocycles. The summed E-state index contributed by atoms with van der Waals surface area (Å²) in [5.41, 5.74) is -1.67. The number of likely N-dealkylation sites (tertiary alicyclic amines) is 1. The molecule has 1 aromatic carbocycles. The summed E-state index contributed by atoms with van der Waals surface area (Å²) in [4.78, 5) is 22.0. The Kier molecular flexibility index (Phi) is 4.62. The molecule has 0 spiro atoms. The van der Waals surface area contributed by atoms with Gasteiger partial charge in [0.05, 0.1) is 10.5 Å². The third-order valence-electron chi connectivity index (χ3n) is 3.63. The highest BCUT2D eigenvalue weighted by atomic mass is 19.4. The summed E-state index contributed by atoms with van der Waals surface area (Å²) in [5, 5.41) is 24.4. The summed E-state index contributed by atoms with van der Waals surface area (Å²) in [7, 11) is 0. The largest absolute Gasteiger partial charge is 0.530 e. The number of carbonyl (C=O) groups excluding carboxylic acids is 1. The number of hydrogen-bond acceptors (Lipinski definition) is 5. The van der Waals surface area contributed by atoms with E-state index in [9.17, 15) is 33.2 Å². The number of alkyl halides is 3. The molecule has 126 valence electrons. The van der Waals surface area contributed by atoms with Crippen molar-refractivity contribution in [1.82, 2.24) is 4.90 Å². The fourth-order valence-corrected chi connectivity index (χ4v) is 2.41. The van der Waals surface area contributed by atoms with E-state index in [1.54, 1.807) is 0 Å². The molecule has 1 saturated heterocycles. The van der Waals surface area contributed by atoms with Crippen LogP contribution in [0.3, 0.4) is 0 Å². The Morgan fingerprint density at radius 2 is 1.91 bits per heavy atom. The van der Waals surface area contributed by atoms with Gasteiger partial charge in [-0.2, -0.15) is 13.2 Å². The predicted octanol–water partition coefficient (Wildman–Crippen LogP) is 1.83. The van der Waals surface area contributed by atoms with Crippen LogP contribution in [0.1, 0.15) is 18.4 Å². The topological polar surface area (TPSA) is 98.5 Å². The molecule has 1 heterocycles. The maximum atomic E-state index is 12.7. The molecule has 23 heavy (non-hydrogen) atoms. The Bertz CT molecular complexity index is 613. The summed E-state index contributed by atoms with van der Waals surface area (Å²) in [6, 6.07) is 1.81. The van der Waals surface area contributed by atoms with Gasteiger partial charge in [-0.3, -0.25) is 10.1 Å². The summed E-state index contributed by atoms with van der Waals surface area (Å²) >= 11 is 0. The lowest BCUT2D eigenvalue weighted by Gasteiger charge is -2.34. The number of carboxylic acid groups (broad SMARTS) is 1. The molecule has 0 radical (unpaired) electrons. The van der Waals surface area contributed by atoms with Gasteiger partial charge in [0.15, 0.2) is 0 Å². The Hall–Kier alpha value is -2.52. The van der Waals surface area contributed by atoms with Crippen molar-refractivity contribution in [1.29, 1.82) is 0 Å². The molecule has 0 aliphatic carbocycles. The fraction of sp³-hybridized carbons (Fsp3) is 0.462. The summed E-state index contributed by atoms with van der Waals surface area (Å²) in [6.45, 7) is 0.319. The lowest BCUT2D eigenvalue weighted by molar-refractivity contribution is -0.384. The van der Waals surface area contributed by atoms with Crippen LogP contribution in [0.5, 0.6) is 0 Å². The number of piperidine rings is 1. The van der Waals surface area contributed by atoms with E-state index >= 15 is 0 Å². The first kappa shape index (κ1) is 16.8. The van der Waals surface area contributed by atoms with Gasteiger partial charge in [-0.25, -0.2) is 0 Å². The maximum Gasteiger partial charge on any atom is 0.416 e. The van der Waals surface area contributed by atoms with Gasteiger partial charge in [-0.1, -0.05) is 0 Å². The maximum absolute atomic E-state index is 12.7. The highest BCUT2D eigenvalue weighted by Gasteiger charge is 2.33. The molecule has 1 amide bonds. The van der Waals surface area contributed by atoms with Gasteiger partial charge >= 0.3 is 6.18 Å². The van der Waals surface area contributed by atoms with Gasteiger partial charge in [-0.05, 0) is 25.0 Å². The predicted molar refractivity (Wildman–Crippen MR) is 71.7 cm³/mol. The summed E-state index contributed by atoms with van der Waals surface area (Å²) in [5.74, 6) is 0. The van der Waals surface area contributed by atoms with Crippen LogP contribution >= 0.6 is 0 Å². The SMILES string of the molecule is O=C([O-])N1CCC(Nc2cc(C(F)(F)F)ccc2[N+](=O)[O-])CC1. The quantitative estimate of drug-likeness (QED) is 0.672. The minimum Gasteiger partial charge on any atom is -0.530 e. The smallest absolute Gasteiger partial charge is 0.416 e. The van der Waals surface area contributed by atoms with Crippen molar-refractivity contribution < 1.29 is 28.0 Å². The third-order valence-corrected chi connectivity index (χ3v) is 3.63. The summed E-state index contributed by atoms with van der Waals surface area (Å²) < 4.78 is 38.2. The molecule has 1 aliphatic heterocycles. The molecule has 0 aromatic heterocycles. The molecule has 1 aliphatic rings. The number of nitro groups is 1. The van der Waals surface area contributed by atoms with E-state index in [0.717, 1.165) is 11.0 Å². The molecule has 1 N–H and O–H groups in total. The van der Waals surface area contributed by atoms with Gasteiger partial charge < -0.3 is 20.1 Å². The molecule has 7 nitrogen and oxygen atoms in total. The number of rotatable bonds is 3. The van der Waals surface area contributed by atoms with E-state index in [-0.39, 0.29) is 24.8 Å². The Morgan fingerprint density at radius 1 is 1.30 bits per heavy atom. The average Bonchev–Trinajstić information content (AvgIpc) is 2.46. The lowest BCUT2D eigenvalue weighted by Crippen LogP contribution is -2.47. The highest BCUT2D eigenvalue weighted by Crippen LogP contribution is 2.35. The molecular formula is C13H13F3N3O4-. The first-order valence-electron chi connectivity index (χ1n) is 6.76. The normalized spacial score (nSPS) is 16.2. The first-order chi connectivity index (χ1) is 10.7. The van der Waals surface area contributed by atoms with Gasteiger partial charge in [0.25, 0.3) is 5.69 Å². The van der Waals surface area contributed by atoms with Gasteiger partial charge in [0, 0.05) is 25.2 Å². The van der Waals surface area contributed by atoms with Crippen LogP contribution in [0.4, 0.5) is 29.3 Å². The van der Waals surface area contributed by atoms with Crippen LogP contribution < -0.4 is 10.4 Å². The van der Waals surface area contributed by atoms with Crippen LogP contribution in [0.25, 0.3) is 0 Å². The van der Waals surface area contributed by atoms with E-state index in [1.807, 2.05) is 0 Å². The number of amides is 1. The van der Waals surface area contributed by atoms with Gasteiger partial charge in [0.1, 0.15) is 11.8 Å². The van der Waals surface area contributed by atoms with Crippen molar-refractivity contribution in [2.24, 2.45) is 0 Å².